The summed E-state index contributed by atoms with van der Waals surface area (Å²) in [7, 11) is 0. The second kappa shape index (κ2) is 6.98. The zero-order valence-electron chi connectivity index (χ0n) is 12.0. The molecule has 1 saturated heterocycles. The molecule has 2 unspecified atom stereocenters. The van der Waals surface area contributed by atoms with Gasteiger partial charge >= 0.3 is 0 Å². The second-order valence-corrected chi connectivity index (χ2v) is 5.25. The molecule has 1 aliphatic rings. The van der Waals surface area contributed by atoms with Crippen LogP contribution in [0.15, 0.2) is 24.4 Å². The highest BCUT2D eigenvalue weighted by Gasteiger charge is 2.25. The number of rotatable bonds is 5. The first-order valence-corrected chi connectivity index (χ1v) is 7.26. The van der Waals surface area contributed by atoms with Crippen molar-refractivity contribution >= 4 is 0 Å². The van der Waals surface area contributed by atoms with Gasteiger partial charge < -0.3 is 5.11 Å². The van der Waals surface area contributed by atoms with Gasteiger partial charge in [0.1, 0.15) is 0 Å². The molecule has 0 saturated carbocycles. The molecular weight excluding hydrogens is 238 g/mol. The molecule has 4 heteroatoms. The number of aromatic nitrogens is 1. The van der Waals surface area contributed by atoms with Gasteiger partial charge in [0, 0.05) is 44.5 Å². The molecular formula is C15H25N3O. The second-order valence-electron chi connectivity index (χ2n) is 5.25. The van der Waals surface area contributed by atoms with Crippen LogP contribution in [0.5, 0.6) is 0 Å². The summed E-state index contributed by atoms with van der Waals surface area (Å²) in [5, 5.41) is 9.37. The Morgan fingerprint density at radius 3 is 2.42 bits per heavy atom. The molecule has 0 radical (unpaired) electrons. The van der Waals surface area contributed by atoms with Crippen LogP contribution in [-0.2, 0) is 0 Å². The van der Waals surface area contributed by atoms with Crippen molar-refractivity contribution in [3.63, 3.8) is 0 Å². The zero-order chi connectivity index (χ0) is 13.7. The van der Waals surface area contributed by atoms with Crippen LogP contribution in [0.1, 0.15) is 32.0 Å². The van der Waals surface area contributed by atoms with Crippen LogP contribution in [-0.4, -0.2) is 58.7 Å². The topological polar surface area (TPSA) is 39.6 Å². The molecule has 1 aromatic heterocycles. The minimum Gasteiger partial charge on any atom is -0.395 e. The maximum atomic E-state index is 9.37. The molecule has 19 heavy (non-hydrogen) atoms. The minimum absolute atomic E-state index is 0.270. The molecule has 2 rings (SSSR count). The Balaban J connectivity index is 1.89. The minimum atomic E-state index is 0.270. The van der Waals surface area contributed by atoms with E-state index in [-0.39, 0.29) is 6.61 Å². The average molecular weight is 263 g/mol. The van der Waals surface area contributed by atoms with Crippen LogP contribution in [0.2, 0.25) is 0 Å². The summed E-state index contributed by atoms with van der Waals surface area (Å²) in [4.78, 5) is 9.32. The fourth-order valence-corrected chi connectivity index (χ4v) is 2.80. The molecule has 0 amide bonds. The van der Waals surface area contributed by atoms with Gasteiger partial charge in [0.2, 0.25) is 0 Å². The van der Waals surface area contributed by atoms with Crippen LogP contribution in [0, 0.1) is 0 Å². The molecule has 1 aliphatic heterocycles. The van der Waals surface area contributed by atoms with Crippen molar-refractivity contribution in [2.24, 2.45) is 0 Å². The van der Waals surface area contributed by atoms with Crippen LogP contribution >= 0.6 is 0 Å². The fourth-order valence-electron chi connectivity index (χ4n) is 2.80. The molecule has 0 aliphatic carbocycles. The molecule has 0 bridgehead atoms. The molecule has 0 spiro atoms. The average Bonchev–Trinajstić information content (AvgIpc) is 2.49. The van der Waals surface area contributed by atoms with E-state index in [0.29, 0.717) is 12.1 Å². The number of nitrogens with zero attached hydrogens (tertiary/aromatic N) is 3. The van der Waals surface area contributed by atoms with E-state index >= 15 is 0 Å². The van der Waals surface area contributed by atoms with E-state index in [4.69, 9.17) is 0 Å². The van der Waals surface area contributed by atoms with E-state index in [1.54, 1.807) is 0 Å². The van der Waals surface area contributed by atoms with Crippen LogP contribution in [0.4, 0.5) is 0 Å². The molecule has 2 atom stereocenters. The van der Waals surface area contributed by atoms with E-state index in [1.165, 1.54) is 0 Å². The van der Waals surface area contributed by atoms with Gasteiger partial charge in [-0.05, 0) is 25.5 Å². The van der Waals surface area contributed by atoms with Gasteiger partial charge in [-0.15, -0.1) is 0 Å². The lowest BCUT2D eigenvalue weighted by Crippen LogP contribution is -2.51. The number of hydrogen-bond donors (Lipinski definition) is 1. The van der Waals surface area contributed by atoms with Crippen molar-refractivity contribution in [2.45, 2.75) is 32.4 Å². The lowest BCUT2D eigenvalue weighted by Gasteiger charge is -2.40. The van der Waals surface area contributed by atoms with E-state index in [0.717, 1.165) is 38.3 Å². The number of aliphatic hydroxyl groups is 1. The van der Waals surface area contributed by atoms with Crippen LogP contribution in [0.3, 0.4) is 0 Å². The van der Waals surface area contributed by atoms with Crippen LogP contribution in [0.25, 0.3) is 0 Å². The third-order valence-corrected chi connectivity index (χ3v) is 4.21. The first-order valence-electron chi connectivity index (χ1n) is 7.26. The monoisotopic (exact) mass is 263 g/mol. The third kappa shape index (κ3) is 3.53. The zero-order valence-corrected chi connectivity index (χ0v) is 12.0. The van der Waals surface area contributed by atoms with Gasteiger partial charge in [-0.3, -0.25) is 14.8 Å². The van der Waals surface area contributed by atoms with Gasteiger partial charge in [0.25, 0.3) is 0 Å². The highest BCUT2D eigenvalue weighted by Crippen LogP contribution is 2.20. The maximum absolute atomic E-state index is 9.37. The van der Waals surface area contributed by atoms with Crippen molar-refractivity contribution in [1.29, 1.82) is 0 Å². The molecule has 0 aromatic carbocycles. The summed E-state index contributed by atoms with van der Waals surface area (Å²) in [6, 6.07) is 6.80. The van der Waals surface area contributed by atoms with E-state index < -0.39 is 0 Å². The fraction of sp³-hybridized carbons (Fsp3) is 0.667. The number of piperazine rings is 1. The van der Waals surface area contributed by atoms with Crippen molar-refractivity contribution < 1.29 is 5.11 Å². The summed E-state index contributed by atoms with van der Waals surface area (Å²) in [6.45, 7) is 8.81. The largest absolute Gasteiger partial charge is 0.395 e. The van der Waals surface area contributed by atoms with Crippen molar-refractivity contribution in [2.75, 3.05) is 32.8 Å². The Hall–Kier alpha value is -0.970. The quantitative estimate of drug-likeness (QED) is 0.874. The lowest BCUT2D eigenvalue weighted by molar-refractivity contribution is 0.0479. The van der Waals surface area contributed by atoms with E-state index in [9.17, 15) is 5.11 Å². The maximum Gasteiger partial charge on any atom is 0.0586 e. The van der Waals surface area contributed by atoms with E-state index in [1.807, 2.05) is 18.3 Å². The summed E-state index contributed by atoms with van der Waals surface area (Å²) in [5.74, 6) is 0. The Kier molecular flexibility index (Phi) is 5.31. The molecule has 2 heterocycles. The van der Waals surface area contributed by atoms with Gasteiger partial charge in [-0.1, -0.05) is 13.0 Å². The van der Waals surface area contributed by atoms with Crippen molar-refractivity contribution in [3.8, 4) is 0 Å². The summed E-state index contributed by atoms with van der Waals surface area (Å²) < 4.78 is 0. The number of aliphatic hydroxyl groups excluding tert-OH is 1. The van der Waals surface area contributed by atoms with Crippen molar-refractivity contribution in [1.82, 2.24) is 14.8 Å². The number of pyridine rings is 1. The summed E-state index contributed by atoms with van der Waals surface area (Å²) in [5.41, 5.74) is 1.14. The van der Waals surface area contributed by atoms with Gasteiger partial charge in [-0.2, -0.15) is 0 Å². The predicted octanol–water partition coefficient (Wildman–Crippen LogP) is 1.53. The third-order valence-electron chi connectivity index (χ3n) is 4.21. The van der Waals surface area contributed by atoms with Gasteiger partial charge in [-0.25, -0.2) is 0 Å². The molecule has 1 N–H and O–H groups in total. The van der Waals surface area contributed by atoms with Crippen molar-refractivity contribution in [3.05, 3.63) is 30.1 Å². The predicted molar refractivity (Wildman–Crippen MR) is 77.0 cm³/mol. The SMILES string of the molecule is CCC(CO)N1CCN(C(C)c2ccccn2)CC1. The molecule has 1 aromatic rings. The van der Waals surface area contributed by atoms with Gasteiger partial charge in [0.15, 0.2) is 0 Å². The van der Waals surface area contributed by atoms with E-state index in [2.05, 4.69) is 34.7 Å². The molecule has 1 fully saturated rings. The Morgan fingerprint density at radius 2 is 1.89 bits per heavy atom. The van der Waals surface area contributed by atoms with Gasteiger partial charge in [0.05, 0.1) is 12.3 Å². The molecule has 4 nitrogen and oxygen atoms in total. The molecule has 106 valence electrons. The highest BCUT2D eigenvalue weighted by molar-refractivity contribution is 5.08. The first kappa shape index (κ1) is 14.4. The smallest absolute Gasteiger partial charge is 0.0586 e. The van der Waals surface area contributed by atoms with Crippen LogP contribution < -0.4 is 0 Å². The Labute approximate surface area is 116 Å². The number of hydrogen-bond acceptors (Lipinski definition) is 4. The Morgan fingerprint density at radius 1 is 1.21 bits per heavy atom. The summed E-state index contributed by atoms with van der Waals surface area (Å²) >= 11 is 0. The Bertz CT molecular complexity index is 359. The normalized spacial score (nSPS) is 21.2. The lowest BCUT2D eigenvalue weighted by atomic mass is 10.1. The summed E-state index contributed by atoms with van der Waals surface area (Å²) in [6.07, 6.45) is 2.88. The first-order chi connectivity index (χ1) is 9.26. The highest BCUT2D eigenvalue weighted by atomic mass is 16.3. The standard InChI is InChI=1S/C15H25N3O/c1-3-14(12-19)18-10-8-17(9-11-18)13(2)15-6-4-5-7-16-15/h4-7,13-14,19H,3,8-12H2,1-2H3.